The van der Waals surface area contributed by atoms with Crippen LogP contribution in [0.3, 0.4) is 0 Å². The summed E-state index contributed by atoms with van der Waals surface area (Å²) in [5.41, 5.74) is 1.64. The molecule has 1 heterocycles. The molecule has 1 aliphatic rings. The second-order valence-corrected chi connectivity index (χ2v) is 10.4. The molecule has 0 bridgehead atoms. The number of aromatic carboxylic acids is 1. The van der Waals surface area contributed by atoms with Gasteiger partial charge in [0.25, 0.3) is 0 Å². The van der Waals surface area contributed by atoms with Crippen LogP contribution in [0.25, 0.3) is 0 Å². The molecule has 3 rings (SSSR count). The smallest absolute Gasteiger partial charge is 0.336 e. The van der Waals surface area contributed by atoms with Crippen LogP contribution >= 0.6 is 0 Å². The molecule has 0 radical (unpaired) electrons. The first-order valence-corrected chi connectivity index (χ1v) is 13.2. The first-order chi connectivity index (χ1) is 19.0. The van der Waals surface area contributed by atoms with Crippen LogP contribution in [0.2, 0.25) is 0 Å². The molecule has 1 saturated heterocycles. The van der Waals surface area contributed by atoms with E-state index < -0.39 is 23.5 Å². The van der Waals surface area contributed by atoms with Crippen LogP contribution in [0.1, 0.15) is 55.1 Å². The zero-order valence-corrected chi connectivity index (χ0v) is 23.1. The first kappa shape index (κ1) is 30.6. The summed E-state index contributed by atoms with van der Waals surface area (Å²) >= 11 is 0. The zero-order valence-electron chi connectivity index (χ0n) is 23.1. The van der Waals surface area contributed by atoms with E-state index in [1.54, 1.807) is 18.2 Å². The van der Waals surface area contributed by atoms with Crippen molar-refractivity contribution < 1.29 is 38.5 Å². The average molecular weight is 556 g/mol. The third-order valence-corrected chi connectivity index (χ3v) is 5.85. The molecular weight excluding hydrogens is 518 g/mol. The molecule has 11 heteroatoms. The molecule has 1 atom stereocenters. The molecule has 0 spiro atoms. The molecule has 1 fully saturated rings. The Kier molecular flexibility index (Phi) is 11.0. The number of rotatable bonds is 14. The number of ether oxygens (including phenoxy) is 3. The van der Waals surface area contributed by atoms with Crippen LogP contribution in [0.4, 0.5) is 5.69 Å². The zero-order chi connectivity index (χ0) is 29.1. The van der Waals surface area contributed by atoms with E-state index in [4.69, 9.17) is 14.2 Å². The highest BCUT2D eigenvalue weighted by atomic mass is 16.6. The second-order valence-electron chi connectivity index (χ2n) is 10.4. The molecule has 0 aromatic heterocycles. The van der Waals surface area contributed by atoms with Crippen molar-refractivity contribution in [3.63, 3.8) is 0 Å². The molecule has 1 unspecified atom stereocenters. The first-order valence-electron chi connectivity index (χ1n) is 13.2. The number of hydrogen-bond donors (Lipinski definition) is 4. The van der Waals surface area contributed by atoms with E-state index in [2.05, 4.69) is 16.0 Å². The Hall–Kier alpha value is -3.96. The quantitative estimate of drug-likeness (QED) is 0.155. The van der Waals surface area contributed by atoms with Crippen LogP contribution in [-0.2, 0) is 36.8 Å². The highest BCUT2D eigenvalue weighted by molar-refractivity contribution is 6.00. The molecule has 40 heavy (non-hydrogen) atoms. The van der Waals surface area contributed by atoms with Crippen molar-refractivity contribution in [2.45, 2.75) is 58.2 Å². The van der Waals surface area contributed by atoms with E-state index >= 15 is 0 Å². The van der Waals surface area contributed by atoms with Gasteiger partial charge in [0.1, 0.15) is 18.0 Å². The topological polar surface area (TPSA) is 152 Å². The van der Waals surface area contributed by atoms with Crippen molar-refractivity contribution in [3.8, 4) is 5.75 Å². The molecule has 2 aromatic carbocycles. The summed E-state index contributed by atoms with van der Waals surface area (Å²) in [6.07, 6.45) is 0.769. The van der Waals surface area contributed by atoms with Gasteiger partial charge < -0.3 is 30.0 Å². The maximum absolute atomic E-state index is 12.0. The summed E-state index contributed by atoms with van der Waals surface area (Å²) in [5, 5.41) is 18.0. The Labute approximate surface area is 233 Å². The lowest BCUT2D eigenvalue weighted by atomic mass is 10.0. The maximum Gasteiger partial charge on any atom is 0.336 e. The van der Waals surface area contributed by atoms with Gasteiger partial charge in [0.15, 0.2) is 0 Å². The SMILES string of the molecule is CC(C)(C)OC(=O)Cc1cccc(OCCOCCNc2ccc(C(=O)O)c(CNC3CCC(=O)NC3=O)c2)c1. The number of carbonyl (C=O) groups excluding carboxylic acids is 3. The van der Waals surface area contributed by atoms with E-state index in [-0.39, 0.29) is 36.8 Å². The number of carboxylic acids is 1. The van der Waals surface area contributed by atoms with Crippen LogP contribution < -0.4 is 20.7 Å². The highest BCUT2D eigenvalue weighted by Gasteiger charge is 2.26. The summed E-state index contributed by atoms with van der Waals surface area (Å²) in [6.45, 7) is 7.22. The Bertz CT molecular complexity index is 1210. The monoisotopic (exact) mass is 555 g/mol. The standard InChI is InChI=1S/C29H37N3O8/c1-29(2,3)40-26(34)16-19-5-4-6-22(15-19)39-14-13-38-12-11-30-21-7-8-23(28(36)37)20(17-21)18-31-24-9-10-25(33)32-27(24)35/h4-8,15,17,24,30-31H,9-14,16,18H2,1-3H3,(H,36,37)(H,32,33,35). The van der Waals surface area contributed by atoms with Crippen molar-refractivity contribution in [3.05, 3.63) is 59.2 Å². The van der Waals surface area contributed by atoms with Crippen molar-refractivity contribution in [1.29, 1.82) is 0 Å². The summed E-state index contributed by atoms with van der Waals surface area (Å²) in [5.74, 6) is -1.43. The van der Waals surface area contributed by atoms with Crippen molar-refractivity contribution in [2.75, 3.05) is 31.7 Å². The average Bonchev–Trinajstić information content (AvgIpc) is 2.86. The van der Waals surface area contributed by atoms with Gasteiger partial charge in [-0.15, -0.1) is 0 Å². The van der Waals surface area contributed by atoms with Crippen molar-refractivity contribution in [1.82, 2.24) is 10.6 Å². The van der Waals surface area contributed by atoms with Crippen LogP contribution in [0.5, 0.6) is 5.75 Å². The number of imide groups is 1. The van der Waals surface area contributed by atoms with Gasteiger partial charge in [-0.3, -0.25) is 19.7 Å². The fourth-order valence-corrected chi connectivity index (χ4v) is 4.06. The van der Waals surface area contributed by atoms with Crippen LogP contribution in [0, 0.1) is 0 Å². The van der Waals surface area contributed by atoms with Gasteiger partial charge >= 0.3 is 11.9 Å². The minimum atomic E-state index is -1.06. The molecule has 0 saturated carbocycles. The Morgan fingerprint density at radius 1 is 1.07 bits per heavy atom. The van der Waals surface area contributed by atoms with Crippen molar-refractivity contribution >= 4 is 29.4 Å². The molecular formula is C29H37N3O8. The van der Waals surface area contributed by atoms with Gasteiger partial charge in [-0.1, -0.05) is 12.1 Å². The van der Waals surface area contributed by atoms with E-state index in [0.29, 0.717) is 49.8 Å². The molecule has 11 nitrogen and oxygen atoms in total. The van der Waals surface area contributed by atoms with Gasteiger partial charge in [-0.25, -0.2) is 4.79 Å². The Morgan fingerprint density at radius 2 is 1.88 bits per heavy atom. The molecule has 216 valence electrons. The molecule has 2 aromatic rings. The summed E-state index contributed by atoms with van der Waals surface area (Å²) in [6, 6.07) is 11.6. The van der Waals surface area contributed by atoms with Gasteiger partial charge in [-0.2, -0.15) is 0 Å². The molecule has 4 N–H and O–H groups in total. The number of hydrogen-bond acceptors (Lipinski definition) is 9. The number of nitrogens with one attached hydrogen (secondary N) is 3. The molecule has 2 amide bonds. The second kappa shape index (κ2) is 14.4. The third-order valence-electron chi connectivity index (χ3n) is 5.85. The van der Waals surface area contributed by atoms with Gasteiger partial charge in [0.2, 0.25) is 11.8 Å². The predicted octanol–water partition coefficient (Wildman–Crippen LogP) is 2.67. The number of carboxylic acid groups (broad SMARTS) is 1. The van der Waals surface area contributed by atoms with Gasteiger partial charge in [0, 0.05) is 25.2 Å². The predicted molar refractivity (Wildman–Crippen MR) is 147 cm³/mol. The minimum absolute atomic E-state index is 0.133. The molecule has 0 aliphatic carbocycles. The fourth-order valence-electron chi connectivity index (χ4n) is 4.06. The highest BCUT2D eigenvalue weighted by Crippen LogP contribution is 2.18. The van der Waals surface area contributed by atoms with Crippen molar-refractivity contribution in [2.24, 2.45) is 0 Å². The number of amides is 2. The van der Waals surface area contributed by atoms with E-state index in [1.165, 1.54) is 6.07 Å². The summed E-state index contributed by atoms with van der Waals surface area (Å²) < 4.78 is 16.7. The third kappa shape index (κ3) is 10.3. The lowest BCUT2D eigenvalue weighted by Crippen LogP contribution is -2.50. The number of benzene rings is 2. The largest absolute Gasteiger partial charge is 0.491 e. The lowest BCUT2D eigenvalue weighted by molar-refractivity contribution is -0.154. The normalized spacial score (nSPS) is 15.3. The van der Waals surface area contributed by atoms with Crippen LogP contribution in [-0.4, -0.2) is 66.9 Å². The maximum atomic E-state index is 12.0. The van der Waals surface area contributed by atoms with E-state index in [0.717, 1.165) is 5.56 Å². The fraction of sp³-hybridized carbons (Fsp3) is 0.448. The lowest BCUT2D eigenvalue weighted by Gasteiger charge is -2.22. The number of piperidine rings is 1. The van der Waals surface area contributed by atoms with E-state index in [9.17, 15) is 24.3 Å². The van der Waals surface area contributed by atoms with Crippen LogP contribution in [0.15, 0.2) is 42.5 Å². The number of esters is 1. The summed E-state index contributed by atoms with van der Waals surface area (Å²) in [7, 11) is 0. The number of anilines is 1. The van der Waals surface area contributed by atoms with Gasteiger partial charge in [0.05, 0.1) is 31.2 Å². The number of carbonyl (C=O) groups is 4. The summed E-state index contributed by atoms with van der Waals surface area (Å²) in [4.78, 5) is 47.0. The Morgan fingerprint density at radius 3 is 2.60 bits per heavy atom. The van der Waals surface area contributed by atoms with E-state index in [1.807, 2.05) is 39.0 Å². The minimum Gasteiger partial charge on any atom is -0.491 e. The molecule has 1 aliphatic heterocycles. The van der Waals surface area contributed by atoms with Gasteiger partial charge in [-0.05, 0) is 68.7 Å². The Balaban J connectivity index is 1.39.